The molecule has 1 aliphatic carbocycles. The maximum atomic E-state index is 9.77. The second kappa shape index (κ2) is 8.41. The fourth-order valence-electron chi connectivity index (χ4n) is 4.88. The van der Waals surface area contributed by atoms with Gasteiger partial charge in [-0.2, -0.15) is 0 Å². The zero-order valence-electron chi connectivity index (χ0n) is 17.2. The molecule has 162 valence electrons. The summed E-state index contributed by atoms with van der Waals surface area (Å²) in [4.78, 5) is 6.28. The van der Waals surface area contributed by atoms with E-state index >= 15 is 0 Å². The molecule has 0 unspecified atom stereocenters. The van der Waals surface area contributed by atoms with Crippen LogP contribution in [0.15, 0.2) is 42.7 Å². The summed E-state index contributed by atoms with van der Waals surface area (Å²) in [7, 11) is 0. The SMILES string of the molecule is OCCn1c(C2CCN(c3c(Cl)cncc3Cl)CC2)nnc1C1(c2ccccc2)CC1. The van der Waals surface area contributed by atoms with Crippen LogP contribution in [0.1, 0.15) is 48.8 Å². The van der Waals surface area contributed by atoms with Gasteiger partial charge in [-0.05, 0) is 31.2 Å². The van der Waals surface area contributed by atoms with Gasteiger partial charge in [0.1, 0.15) is 11.6 Å². The number of nitrogens with zero attached hydrogens (tertiary/aromatic N) is 5. The first-order valence-corrected chi connectivity index (χ1v) is 11.5. The smallest absolute Gasteiger partial charge is 0.143 e. The van der Waals surface area contributed by atoms with Crippen LogP contribution in [-0.4, -0.2) is 44.6 Å². The molecule has 2 aliphatic rings. The third-order valence-corrected chi connectivity index (χ3v) is 7.17. The van der Waals surface area contributed by atoms with E-state index in [4.69, 9.17) is 23.2 Å². The number of hydrogen-bond acceptors (Lipinski definition) is 5. The highest BCUT2D eigenvalue weighted by Crippen LogP contribution is 2.53. The summed E-state index contributed by atoms with van der Waals surface area (Å²) in [5.41, 5.74) is 2.07. The molecule has 31 heavy (non-hydrogen) atoms. The lowest BCUT2D eigenvalue weighted by Crippen LogP contribution is -2.34. The molecule has 1 saturated heterocycles. The first kappa shape index (κ1) is 20.7. The second-order valence-corrected chi connectivity index (χ2v) is 9.23. The molecular weight excluding hydrogens is 433 g/mol. The van der Waals surface area contributed by atoms with Crippen molar-refractivity contribution in [3.05, 3.63) is 70.0 Å². The van der Waals surface area contributed by atoms with Gasteiger partial charge in [0.05, 0.1) is 27.8 Å². The molecule has 0 spiro atoms. The lowest BCUT2D eigenvalue weighted by molar-refractivity contribution is 0.269. The summed E-state index contributed by atoms with van der Waals surface area (Å²) < 4.78 is 2.17. The maximum absolute atomic E-state index is 9.77. The summed E-state index contributed by atoms with van der Waals surface area (Å²) >= 11 is 12.7. The highest BCUT2D eigenvalue weighted by Gasteiger charge is 2.50. The van der Waals surface area contributed by atoms with Gasteiger partial charge in [-0.3, -0.25) is 4.98 Å². The molecule has 8 heteroatoms. The van der Waals surface area contributed by atoms with Gasteiger partial charge in [-0.25, -0.2) is 0 Å². The van der Waals surface area contributed by atoms with Gasteiger partial charge in [0, 0.05) is 37.9 Å². The molecule has 1 N–H and O–H groups in total. The molecule has 0 atom stereocenters. The average molecular weight is 458 g/mol. The Morgan fingerprint density at radius 1 is 1.00 bits per heavy atom. The number of pyridine rings is 1. The van der Waals surface area contributed by atoms with Crippen LogP contribution in [-0.2, 0) is 12.0 Å². The number of benzene rings is 1. The molecule has 1 aromatic carbocycles. The topological polar surface area (TPSA) is 67.1 Å². The van der Waals surface area contributed by atoms with Crippen molar-refractivity contribution in [2.75, 3.05) is 24.6 Å². The molecule has 1 saturated carbocycles. The number of aliphatic hydroxyl groups is 1. The fourth-order valence-corrected chi connectivity index (χ4v) is 5.49. The number of aromatic nitrogens is 4. The van der Waals surface area contributed by atoms with E-state index < -0.39 is 0 Å². The van der Waals surface area contributed by atoms with E-state index in [9.17, 15) is 5.11 Å². The van der Waals surface area contributed by atoms with Gasteiger partial charge in [-0.15, -0.1) is 10.2 Å². The Morgan fingerprint density at radius 3 is 2.29 bits per heavy atom. The van der Waals surface area contributed by atoms with Crippen LogP contribution < -0.4 is 4.90 Å². The molecule has 5 rings (SSSR count). The second-order valence-electron chi connectivity index (χ2n) is 8.42. The van der Waals surface area contributed by atoms with E-state index in [-0.39, 0.29) is 17.9 Å². The molecule has 3 heterocycles. The number of anilines is 1. The van der Waals surface area contributed by atoms with E-state index in [0.717, 1.165) is 56.1 Å². The van der Waals surface area contributed by atoms with Crippen molar-refractivity contribution < 1.29 is 5.11 Å². The minimum absolute atomic E-state index is 0.0690. The van der Waals surface area contributed by atoms with Crippen molar-refractivity contribution in [2.45, 2.75) is 43.6 Å². The highest BCUT2D eigenvalue weighted by molar-refractivity contribution is 6.38. The van der Waals surface area contributed by atoms with Crippen LogP contribution in [0.3, 0.4) is 0 Å². The molecule has 2 aromatic heterocycles. The summed E-state index contributed by atoms with van der Waals surface area (Å²) in [6.45, 7) is 2.26. The third-order valence-electron chi connectivity index (χ3n) is 6.61. The minimum atomic E-state index is -0.0690. The van der Waals surface area contributed by atoms with Crippen LogP contribution in [0.25, 0.3) is 0 Å². The van der Waals surface area contributed by atoms with E-state index in [1.54, 1.807) is 12.4 Å². The predicted octanol–water partition coefficient (Wildman–Crippen LogP) is 4.44. The fraction of sp³-hybridized carbons (Fsp3) is 0.435. The van der Waals surface area contributed by atoms with Gasteiger partial charge < -0.3 is 14.6 Å². The van der Waals surface area contributed by atoms with Crippen molar-refractivity contribution in [3.8, 4) is 0 Å². The van der Waals surface area contributed by atoms with Crippen molar-refractivity contribution in [2.24, 2.45) is 0 Å². The van der Waals surface area contributed by atoms with Gasteiger partial charge in [0.2, 0.25) is 0 Å². The molecule has 3 aromatic rings. The van der Waals surface area contributed by atoms with Gasteiger partial charge in [0.15, 0.2) is 0 Å². The molecule has 2 fully saturated rings. The molecule has 0 radical (unpaired) electrons. The molecular formula is C23H25Cl2N5O. The first-order valence-electron chi connectivity index (χ1n) is 10.8. The maximum Gasteiger partial charge on any atom is 0.143 e. The van der Waals surface area contributed by atoms with E-state index in [2.05, 4.69) is 48.9 Å². The van der Waals surface area contributed by atoms with E-state index in [0.29, 0.717) is 16.6 Å². The molecule has 6 nitrogen and oxygen atoms in total. The summed E-state index contributed by atoms with van der Waals surface area (Å²) in [5, 5.41) is 20.2. The Balaban J connectivity index is 1.40. The summed E-state index contributed by atoms with van der Waals surface area (Å²) in [5.74, 6) is 2.26. The monoisotopic (exact) mass is 457 g/mol. The summed E-state index contributed by atoms with van der Waals surface area (Å²) in [6.07, 6.45) is 7.26. The van der Waals surface area contributed by atoms with Gasteiger partial charge in [-0.1, -0.05) is 53.5 Å². The largest absolute Gasteiger partial charge is 0.395 e. The Labute approximate surface area is 191 Å². The lowest BCUT2D eigenvalue weighted by atomic mass is 9.93. The quantitative estimate of drug-likeness (QED) is 0.592. The molecule has 0 bridgehead atoms. The van der Waals surface area contributed by atoms with Crippen molar-refractivity contribution in [3.63, 3.8) is 0 Å². The van der Waals surface area contributed by atoms with Gasteiger partial charge >= 0.3 is 0 Å². The average Bonchev–Trinajstić information content (AvgIpc) is 3.49. The van der Waals surface area contributed by atoms with Crippen molar-refractivity contribution in [1.29, 1.82) is 0 Å². The molecule has 1 aliphatic heterocycles. The minimum Gasteiger partial charge on any atom is -0.395 e. The Hall–Kier alpha value is -2.15. The number of hydrogen-bond donors (Lipinski definition) is 1. The Kier molecular flexibility index (Phi) is 5.63. The Bertz CT molecular complexity index is 1040. The number of aliphatic hydroxyl groups excluding tert-OH is 1. The third kappa shape index (κ3) is 3.71. The standard InChI is InChI=1S/C23H25Cl2N5O/c24-18-14-26-15-19(25)20(18)29-10-6-16(7-11-29)21-27-28-22(30(21)12-13-31)23(8-9-23)17-4-2-1-3-5-17/h1-5,14-16,31H,6-13H2. The number of piperidine rings is 1. The van der Waals surface area contributed by atoms with E-state index in [1.165, 1.54) is 5.56 Å². The van der Waals surface area contributed by atoms with Crippen LogP contribution in [0.4, 0.5) is 5.69 Å². The van der Waals surface area contributed by atoms with Crippen molar-refractivity contribution in [1.82, 2.24) is 19.7 Å². The number of rotatable bonds is 6. The van der Waals surface area contributed by atoms with Crippen molar-refractivity contribution >= 4 is 28.9 Å². The van der Waals surface area contributed by atoms with Gasteiger partial charge in [0.25, 0.3) is 0 Å². The molecule has 0 amide bonds. The van der Waals surface area contributed by atoms with Crippen LogP contribution in [0.5, 0.6) is 0 Å². The van der Waals surface area contributed by atoms with Crippen LogP contribution in [0.2, 0.25) is 10.0 Å². The summed E-state index contributed by atoms with van der Waals surface area (Å²) in [6, 6.07) is 10.5. The normalized spacial score (nSPS) is 18.4. The highest BCUT2D eigenvalue weighted by atomic mass is 35.5. The predicted molar refractivity (Wildman–Crippen MR) is 122 cm³/mol. The van der Waals surface area contributed by atoms with Crippen LogP contribution >= 0.6 is 23.2 Å². The lowest BCUT2D eigenvalue weighted by Gasteiger charge is -2.34. The number of halogens is 2. The van der Waals surface area contributed by atoms with E-state index in [1.807, 2.05) is 6.07 Å². The Morgan fingerprint density at radius 2 is 1.68 bits per heavy atom. The van der Waals surface area contributed by atoms with Crippen LogP contribution in [0, 0.1) is 0 Å². The zero-order chi connectivity index (χ0) is 21.4. The first-order chi connectivity index (χ1) is 15.1. The zero-order valence-corrected chi connectivity index (χ0v) is 18.7.